The first kappa shape index (κ1) is 17.6. The molecule has 18 heavy (non-hydrogen) atoms. The van der Waals surface area contributed by atoms with E-state index >= 15 is 0 Å². The summed E-state index contributed by atoms with van der Waals surface area (Å²) in [6, 6.07) is 0. The summed E-state index contributed by atoms with van der Waals surface area (Å²) < 4.78 is 20.2. The minimum Gasteiger partial charge on any atom is -0.450 e. The molecule has 0 heterocycles. The van der Waals surface area contributed by atoms with Gasteiger partial charge in [-0.05, 0) is 32.6 Å². The Labute approximate surface area is 108 Å². The molecule has 0 radical (unpaired) electrons. The molecule has 0 saturated heterocycles. The molecule has 0 rings (SSSR count). The van der Waals surface area contributed by atoms with E-state index in [1.807, 2.05) is 13.8 Å². The standard InChI is InChI=1S/C11H24NO5P/c1-4-6-8-11(3,9-7-5-2)16-10(13)18(14,15)17-12/h4-9,12H2,1-3H3,(H,14,15). The highest BCUT2D eigenvalue weighted by molar-refractivity contribution is 7.70. The van der Waals surface area contributed by atoms with Crippen molar-refractivity contribution in [1.82, 2.24) is 0 Å². The van der Waals surface area contributed by atoms with E-state index in [1.54, 1.807) is 6.92 Å². The Kier molecular flexibility index (Phi) is 7.71. The molecule has 0 aromatic heterocycles. The minimum atomic E-state index is -4.51. The Morgan fingerprint density at radius 3 is 2.06 bits per heavy atom. The number of carbonyl (C=O) groups is 1. The monoisotopic (exact) mass is 281 g/mol. The van der Waals surface area contributed by atoms with Gasteiger partial charge in [-0.2, -0.15) is 0 Å². The fourth-order valence-corrected chi connectivity index (χ4v) is 2.06. The molecule has 1 unspecified atom stereocenters. The Morgan fingerprint density at radius 2 is 1.72 bits per heavy atom. The number of hydrogen-bond donors (Lipinski definition) is 2. The summed E-state index contributed by atoms with van der Waals surface area (Å²) in [6.45, 7) is 5.83. The third-order valence-electron chi connectivity index (χ3n) is 2.83. The van der Waals surface area contributed by atoms with Crippen LogP contribution in [0.15, 0.2) is 0 Å². The summed E-state index contributed by atoms with van der Waals surface area (Å²) in [5.41, 5.74) is -2.01. The quantitative estimate of drug-likeness (QED) is 0.496. The van der Waals surface area contributed by atoms with Gasteiger partial charge in [0.15, 0.2) is 0 Å². The largest absolute Gasteiger partial charge is 0.451 e. The Balaban J connectivity index is 4.67. The molecular weight excluding hydrogens is 257 g/mol. The van der Waals surface area contributed by atoms with Gasteiger partial charge in [0.1, 0.15) is 5.60 Å². The Morgan fingerprint density at radius 1 is 1.28 bits per heavy atom. The molecule has 0 aliphatic heterocycles. The van der Waals surface area contributed by atoms with Gasteiger partial charge < -0.3 is 9.63 Å². The fourth-order valence-electron chi connectivity index (χ4n) is 1.64. The van der Waals surface area contributed by atoms with Crippen LogP contribution >= 0.6 is 7.60 Å². The summed E-state index contributed by atoms with van der Waals surface area (Å²) in [5, 5.41) is 0. The Bertz CT molecular complexity index is 300. The van der Waals surface area contributed by atoms with Crippen molar-refractivity contribution in [3.05, 3.63) is 0 Å². The summed E-state index contributed by atoms with van der Waals surface area (Å²) >= 11 is 0. The lowest BCUT2D eigenvalue weighted by molar-refractivity contribution is 0.0195. The summed E-state index contributed by atoms with van der Waals surface area (Å²) in [4.78, 5) is 20.6. The molecule has 0 spiro atoms. The maximum absolute atomic E-state index is 11.5. The van der Waals surface area contributed by atoms with Gasteiger partial charge in [0.25, 0.3) is 0 Å². The van der Waals surface area contributed by atoms with E-state index in [0.717, 1.165) is 25.7 Å². The molecule has 6 nitrogen and oxygen atoms in total. The van der Waals surface area contributed by atoms with Gasteiger partial charge in [-0.25, -0.2) is 19.9 Å². The van der Waals surface area contributed by atoms with Crippen LogP contribution in [0.2, 0.25) is 0 Å². The summed E-state index contributed by atoms with van der Waals surface area (Å²) in [5.74, 6) is 4.61. The van der Waals surface area contributed by atoms with E-state index in [4.69, 9.17) is 9.63 Å². The summed E-state index contributed by atoms with van der Waals surface area (Å²) in [7, 11) is -4.51. The first-order valence-corrected chi connectivity index (χ1v) is 7.84. The second kappa shape index (κ2) is 7.89. The lowest BCUT2D eigenvalue weighted by Crippen LogP contribution is -2.31. The van der Waals surface area contributed by atoms with Crippen molar-refractivity contribution in [3.8, 4) is 0 Å². The minimum absolute atomic E-state index is 0.653. The maximum atomic E-state index is 11.5. The van der Waals surface area contributed by atoms with Crippen molar-refractivity contribution >= 4 is 13.3 Å². The predicted octanol–water partition coefficient (Wildman–Crippen LogP) is 3.34. The Hall–Kier alpha value is -0.420. The van der Waals surface area contributed by atoms with Gasteiger partial charge in [-0.3, -0.25) is 0 Å². The lowest BCUT2D eigenvalue weighted by atomic mass is 9.93. The second-order valence-corrected chi connectivity index (χ2v) is 6.27. The van der Waals surface area contributed by atoms with Gasteiger partial charge >= 0.3 is 13.3 Å². The summed E-state index contributed by atoms with van der Waals surface area (Å²) in [6.07, 6.45) is 4.99. The zero-order chi connectivity index (χ0) is 14.2. The number of nitrogens with two attached hydrogens (primary N) is 1. The second-order valence-electron chi connectivity index (χ2n) is 4.65. The van der Waals surface area contributed by atoms with Crippen LogP contribution in [0.5, 0.6) is 0 Å². The van der Waals surface area contributed by atoms with Gasteiger partial charge in [0.2, 0.25) is 0 Å². The molecule has 0 fully saturated rings. The van der Waals surface area contributed by atoms with Crippen molar-refractivity contribution in [2.24, 2.45) is 5.90 Å². The van der Waals surface area contributed by atoms with E-state index in [-0.39, 0.29) is 0 Å². The van der Waals surface area contributed by atoms with Gasteiger partial charge in [-0.15, -0.1) is 0 Å². The van der Waals surface area contributed by atoms with Crippen LogP contribution in [0, 0.1) is 0 Å². The van der Waals surface area contributed by atoms with Gasteiger partial charge in [-0.1, -0.05) is 26.7 Å². The highest BCUT2D eigenvalue weighted by atomic mass is 31.2. The molecule has 108 valence electrons. The normalized spacial score (nSPS) is 15.2. The molecule has 0 amide bonds. The molecule has 0 aromatic carbocycles. The molecule has 3 N–H and O–H groups in total. The smallest absolute Gasteiger partial charge is 0.450 e. The number of rotatable bonds is 9. The maximum Gasteiger partial charge on any atom is 0.451 e. The van der Waals surface area contributed by atoms with Gasteiger partial charge in [0.05, 0.1) is 0 Å². The van der Waals surface area contributed by atoms with E-state index in [9.17, 15) is 9.36 Å². The zero-order valence-corrected chi connectivity index (χ0v) is 12.2. The molecule has 1 atom stereocenters. The fraction of sp³-hybridized carbons (Fsp3) is 0.909. The first-order chi connectivity index (χ1) is 8.31. The van der Waals surface area contributed by atoms with Crippen LogP contribution in [0.1, 0.15) is 59.3 Å². The van der Waals surface area contributed by atoms with Crippen molar-refractivity contribution in [1.29, 1.82) is 0 Å². The SMILES string of the molecule is CCCCC(C)(CCCC)OC(=O)P(=O)(O)ON. The molecule has 7 heteroatoms. The van der Waals surface area contributed by atoms with Crippen LogP contribution in [0.25, 0.3) is 0 Å². The highest BCUT2D eigenvalue weighted by Gasteiger charge is 2.38. The highest BCUT2D eigenvalue weighted by Crippen LogP contribution is 2.44. The van der Waals surface area contributed by atoms with Crippen molar-refractivity contribution in [2.45, 2.75) is 64.9 Å². The zero-order valence-electron chi connectivity index (χ0n) is 11.3. The predicted molar refractivity (Wildman–Crippen MR) is 69.0 cm³/mol. The van der Waals surface area contributed by atoms with Crippen molar-refractivity contribution in [3.63, 3.8) is 0 Å². The van der Waals surface area contributed by atoms with E-state index < -0.39 is 18.9 Å². The van der Waals surface area contributed by atoms with Gasteiger partial charge in [0, 0.05) is 0 Å². The van der Waals surface area contributed by atoms with Crippen LogP contribution in [0.4, 0.5) is 4.79 Å². The average molecular weight is 281 g/mol. The molecule has 0 aromatic rings. The topological polar surface area (TPSA) is 98.9 Å². The van der Waals surface area contributed by atoms with Crippen LogP contribution in [0.3, 0.4) is 0 Å². The third-order valence-corrected chi connectivity index (χ3v) is 3.66. The first-order valence-electron chi connectivity index (χ1n) is 6.26. The average Bonchev–Trinajstić information content (AvgIpc) is 2.34. The third kappa shape index (κ3) is 5.96. The van der Waals surface area contributed by atoms with Crippen molar-refractivity contribution in [2.75, 3.05) is 0 Å². The van der Waals surface area contributed by atoms with E-state index in [1.165, 1.54) is 0 Å². The molecule has 0 aliphatic rings. The number of hydrogen-bond acceptors (Lipinski definition) is 5. The molecular formula is C11H24NO5P. The number of unbranched alkanes of at least 4 members (excludes halogenated alkanes) is 2. The molecule has 0 saturated carbocycles. The van der Waals surface area contributed by atoms with Crippen LogP contribution in [-0.4, -0.2) is 16.2 Å². The van der Waals surface area contributed by atoms with Crippen LogP contribution in [-0.2, 0) is 13.9 Å². The number of ether oxygens (including phenoxy) is 1. The number of carbonyl (C=O) groups excluding carboxylic acids is 1. The van der Waals surface area contributed by atoms with E-state index in [0.29, 0.717) is 12.8 Å². The van der Waals surface area contributed by atoms with Crippen LogP contribution < -0.4 is 5.90 Å². The lowest BCUT2D eigenvalue weighted by Gasteiger charge is -2.30. The van der Waals surface area contributed by atoms with Crippen molar-refractivity contribution < 1.29 is 23.6 Å². The molecule has 0 aliphatic carbocycles. The molecule has 0 bridgehead atoms. The van der Waals surface area contributed by atoms with E-state index in [2.05, 4.69) is 10.5 Å².